The Bertz CT molecular complexity index is 703. The molecule has 1 fully saturated rings. The van der Waals surface area contributed by atoms with Crippen LogP contribution in [0.1, 0.15) is 25.8 Å². The Morgan fingerprint density at radius 2 is 1.83 bits per heavy atom. The molecule has 0 radical (unpaired) electrons. The molecule has 0 bridgehead atoms. The largest absolute Gasteiger partial charge is 0.378 e. The first kappa shape index (κ1) is 16.3. The molecule has 2 heterocycles. The summed E-state index contributed by atoms with van der Waals surface area (Å²) in [6.07, 6.45) is 0. The summed E-state index contributed by atoms with van der Waals surface area (Å²) in [7, 11) is 0. The Hall–Kier alpha value is -1.53. The number of thiazole rings is 1. The van der Waals surface area contributed by atoms with Gasteiger partial charge in [0.15, 0.2) is 0 Å². The van der Waals surface area contributed by atoms with Crippen molar-refractivity contribution in [1.29, 1.82) is 0 Å². The fraction of sp³-hybridized carbons (Fsp3) is 0.471. The molecule has 23 heavy (non-hydrogen) atoms. The van der Waals surface area contributed by atoms with Crippen LogP contribution in [0.25, 0.3) is 11.3 Å². The molecule has 1 aromatic heterocycles. The smallest absolute Gasteiger partial charge is 0.147 e. The van der Waals surface area contributed by atoms with E-state index in [-0.39, 0.29) is 11.0 Å². The van der Waals surface area contributed by atoms with Gasteiger partial charge in [0, 0.05) is 35.5 Å². The fourth-order valence-corrected chi connectivity index (χ4v) is 3.43. The lowest BCUT2D eigenvalue weighted by Crippen LogP contribution is -2.36. The lowest BCUT2D eigenvalue weighted by Gasteiger charge is -2.29. The van der Waals surface area contributed by atoms with Gasteiger partial charge in [-0.25, -0.2) is 13.8 Å². The molecule has 1 aliphatic rings. The Morgan fingerprint density at radius 1 is 1.13 bits per heavy atom. The summed E-state index contributed by atoms with van der Waals surface area (Å²) in [6.45, 7) is 8.35. The summed E-state index contributed by atoms with van der Waals surface area (Å²) in [5, 5.41) is 2.69. The van der Waals surface area contributed by atoms with Gasteiger partial charge >= 0.3 is 0 Å². The molecule has 0 N–H and O–H groups in total. The van der Waals surface area contributed by atoms with Crippen LogP contribution >= 0.6 is 11.3 Å². The molecule has 2 aromatic rings. The van der Waals surface area contributed by atoms with E-state index >= 15 is 0 Å². The average Bonchev–Trinajstić information content (AvgIpc) is 3.00. The van der Waals surface area contributed by atoms with Gasteiger partial charge < -0.3 is 9.64 Å². The van der Waals surface area contributed by atoms with Crippen LogP contribution in [0.3, 0.4) is 0 Å². The van der Waals surface area contributed by atoms with Gasteiger partial charge in [0.25, 0.3) is 0 Å². The number of hydrogen-bond acceptors (Lipinski definition) is 4. The second-order valence-corrected chi connectivity index (χ2v) is 7.53. The Labute approximate surface area is 138 Å². The number of ether oxygens (including phenoxy) is 1. The van der Waals surface area contributed by atoms with E-state index in [0.29, 0.717) is 37.7 Å². The van der Waals surface area contributed by atoms with Gasteiger partial charge in [-0.3, -0.25) is 0 Å². The maximum absolute atomic E-state index is 14.5. The number of anilines is 1. The predicted octanol–water partition coefficient (Wildman–Crippen LogP) is 4.22. The molecule has 1 aromatic carbocycles. The molecule has 124 valence electrons. The van der Waals surface area contributed by atoms with E-state index in [4.69, 9.17) is 4.74 Å². The van der Waals surface area contributed by atoms with E-state index in [1.165, 1.54) is 23.5 Å². The van der Waals surface area contributed by atoms with Gasteiger partial charge in [-0.2, -0.15) is 0 Å². The van der Waals surface area contributed by atoms with Crippen molar-refractivity contribution >= 4 is 17.0 Å². The molecule has 0 aliphatic carbocycles. The van der Waals surface area contributed by atoms with Crippen LogP contribution in [-0.2, 0) is 10.2 Å². The third kappa shape index (κ3) is 3.38. The fourth-order valence-electron chi connectivity index (χ4n) is 2.52. The topological polar surface area (TPSA) is 25.4 Å². The summed E-state index contributed by atoms with van der Waals surface area (Å²) in [5.74, 6) is -0.868. The summed E-state index contributed by atoms with van der Waals surface area (Å²) < 4.78 is 34.2. The molecule has 0 amide bonds. The highest BCUT2D eigenvalue weighted by Crippen LogP contribution is 2.33. The van der Waals surface area contributed by atoms with Crippen molar-refractivity contribution in [2.24, 2.45) is 0 Å². The molecule has 6 heteroatoms. The van der Waals surface area contributed by atoms with Gasteiger partial charge in [0.05, 0.1) is 29.6 Å². The number of rotatable bonds is 2. The average molecular weight is 338 g/mol. The molecule has 0 spiro atoms. The van der Waals surface area contributed by atoms with E-state index in [9.17, 15) is 8.78 Å². The monoisotopic (exact) mass is 338 g/mol. The van der Waals surface area contributed by atoms with E-state index in [0.717, 1.165) is 5.01 Å². The van der Waals surface area contributed by atoms with Gasteiger partial charge in [-0.05, 0) is 6.07 Å². The first-order valence-corrected chi connectivity index (χ1v) is 8.52. The van der Waals surface area contributed by atoms with Crippen LogP contribution in [0.2, 0.25) is 0 Å². The van der Waals surface area contributed by atoms with Crippen LogP contribution < -0.4 is 4.90 Å². The minimum Gasteiger partial charge on any atom is -0.378 e. The van der Waals surface area contributed by atoms with Crippen LogP contribution in [0.4, 0.5) is 14.5 Å². The van der Waals surface area contributed by atoms with Gasteiger partial charge in [0.2, 0.25) is 0 Å². The lowest BCUT2D eigenvalue weighted by atomic mass is 9.98. The standard InChI is InChI=1S/C17H20F2N2OS/c1-17(2,3)16-20-14(10-23-16)11-8-13(19)15(9-12(11)18)21-4-6-22-7-5-21/h8-10H,4-7H2,1-3H3. The van der Waals surface area contributed by atoms with Crippen LogP contribution in [-0.4, -0.2) is 31.3 Å². The quantitative estimate of drug-likeness (QED) is 0.820. The molecule has 0 saturated carbocycles. The van der Waals surface area contributed by atoms with Crippen molar-refractivity contribution in [3.8, 4) is 11.3 Å². The highest BCUT2D eigenvalue weighted by Gasteiger charge is 2.22. The lowest BCUT2D eigenvalue weighted by molar-refractivity contribution is 0.122. The first-order chi connectivity index (χ1) is 10.9. The molecule has 3 rings (SSSR count). The van der Waals surface area contributed by atoms with E-state index < -0.39 is 11.6 Å². The number of halogens is 2. The molecule has 1 aliphatic heterocycles. The third-order valence-electron chi connectivity index (χ3n) is 3.81. The summed E-state index contributed by atoms with van der Waals surface area (Å²) >= 11 is 1.47. The Balaban J connectivity index is 1.95. The van der Waals surface area contributed by atoms with E-state index in [1.807, 2.05) is 25.7 Å². The zero-order valence-corrected chi connectivity index (χ0v) is 14.3. The van der Waals surface area contributed by atoms with Crippen LogP contribution in [0.5, 0.6) is 0 Å². The molecule has 3 nitrogen and oxygen atoms in total. The number of aromatic nitrogens is 1. The van der Waals surface area contributed by atoms with Crippen molar-refractivity contribution < 1.29 is 13.5 Å². The molecule has 0 atom stereocenters. The van der Waals surface area contributed by atoms with E-state index in [1.54, 1.807) is 5.38 Å². The van der Waals surface area contributed by atoms with Gasteiger partial charge in [-0.15, -0.1) is 11.3 Å². The number of hydrogen-bond donors (Lipinski definition) is 0. The van der Waals surface area contributed by atoms with Crippen molar-refractivity contribution in [2.75, 3.05) is 31.2 Å². The summed E-state index contributed by atoms with van der Waals surface area (Å²) in [4.78, 5) is 6.29. The van der Waals surface area contributed by atoms with Crippen LogP contribution in [0, 0.1) is 11.6 Å². The van der Waals surface area contributed by atoms with Crippen molar-refractivity contribution in [3.05, 3.63) is 34.2 Å². The maximum Gasteiger partial charge on any atom is 0.147 e. The minimum atomic E-state index is -0.446. The normalized spacial score (nSPS) is 16.0. The second kappa shape index (κ2) is 6.17. The van der Waals surface area contributed by atoms with E-state index in [2.05, 4.69) is 4.98 Å². The maximum atomic E-state index is 14.5. The van der Waals surface area contributed by atoms with Gasteiger partial charge in [-0.1, -0.05) is 20.8 Å². The SMILES string of the molecule is CC(C)(C)c1nc(-c2cc(F)c(N3CCOCC3)cc2F)cs1. The second-order valence-electron chi connectivity index (χ2n) is 6.67. The van der Waals surface area contributed by atoms with Gasteiger partial charge in [0.1, 0.15) is 11.6 Å². The van der Waals surface area contributed by atoms with Crippen molar-refractivity contribution in [1.82, 2.24) is 4.98 Å². The zero-order chi connectivity index (χ0) is 16.6. The first-order valence-electron chi connectivity index (χ1n) is 7.64. The Morgan fingerprint density at radius 3 is 2.43 bits per heavy atom. The number of benzene rings is 1. The summed E-state index contributed by atoms with van der Waals surface area (Å²) in [5.41, 5.74) is 0.892. The van der Waals surface area contributed by atoms with Crippen LogP contribution in [0.15, 0.2) is 17.5 Å². The number of nitrogens with zero attached hydrogens (tertiary/aromatic N) is 2. The number of morpholine rings is 1. The molecule has 1 saturated heterocycles. The summed E-state index contributed by atoms with van der Waals surface area (Å²) in [6, 6.07) is 2.52. The third-order valence-corrected chi connectivity index (χ3v) is 5.08. The Kier molecular flexibility index (Phi) is 4.38. The molecular weight excluding hydrogens is 318 g/mol. The highest BCUT2D eigenvalue weighted by molar-refractivity contribution is 7.10. The zero-order valence-electron chi connectivity index (χ0n) is 13.5. The minimum absolute atomic E-state index is 0.105. The van der Waals surface area contributed by atoms with Crippen molar-refractivity contribution in [2.45, 2.75) is 26.2 Å². The predicted molar refractivity (Wildman–Crippen MR) is 89.2 cm³/mol. The molecule has 0 unspecified atom stereocenters. The molecular formula is C17H20F2N2OS. The highest BCUT2D eigenvalue weighted by atomic mass is 32.1. The van der Waals surface area contributed by atoms with Crippen molar-refractivity contribution in [3.63, 3.8) is 0 Å².